The van der Waals surface area contributed by atoms with Crippen molar-refractivity contribution in [3.05, 3.63) is 77.9 Å². The molecule has 0 aliphatic carbocycles. The average molecular weight is 338 g/mol. The summed E-state index contributed by atoms with van der Waals surface area (Å²) < 4.78 is 26.5. The number of rotatable bonds is 4. The number of hydrogen-bond donors (Lipinski definition) is 3. The molecule has 0 radical (unpaired) electrons. The summed E-state index contributed by atoms with van der Waals surface area (Å²) in [5, 5.41) is 0.820. The number of halogens is 2. The predicted octanol–water partition coefficient (Wildman–Crippen LogP) is 4.08. The summed E-state index contributed by atoms with van der Waals surface area (Å²) >= 11 is 0. The largest absolute Gasteiger partial charge is 0.361 e. The van der Waals surface area contributed by atoms with Crippen molar-refractivity contribution >= 4 is 10.9 Å². The maximum atomic E-state index is 13.5. The summed E-state index contributed by atoms with van der Waals surface area (Å²) in [6.07, 6.45) is 4.03. The first-order valence-electron chi connectivity index (χ1n) is 7.92. The lowest BCUT2D eigenvalue weighted by molar-refractivity contribution is 0.628. The molecule has 4 N–H and O–H groups in total. The van der Waals surface area contributed by atoms with E-state index in [0.29, 0.717) is 12.2 Å². The molecule has 1 atom stereocenters. The van der Waals surface area contributed by atoms with E-state index >= 15 is 0 Å². The molecule has 126 valence electrons. The van der Waals surface area contributed by atoms with E-state index in [1.54, 1.807) is 24.4 Å². The Morgan fingerprint density at radius 3 is 2.60 bits per heavy atom. The molecular weight excluding hydrogens is 322 g/mol. The van der Waals surface area contributed by atoms with Gasteiger partial charge in [0.25, 0.3) is 0 Å². The lowest BCUT2D eigenvalue weighted by Gasteiger charge is -2.08. The molecule has 0 aliphatic heterocycles. The van der Waals surface area contributed by atoms with Gasteiger partial charge < -0.3 is 15.7 Å². The van der Waals surface area contributed by atoms with Crippen LogP contribution in [0.2, 0.25) is 0 Å². The maximum absolute atomic E-state index is 13.5. The number of H-pyrrole nitrogens is 2. The third kappa shape index (κ3) is 3.04. The van der Waals surface area contributed by atoms with E-state index in [1.807, 2.05) is 6.20 Å². The van der Waals surface area contributed by atoms with Crippen LogP contribution in [0.5, 0.6) is 0 Å². The first-order chi connectivity index (χ1) is 12.1. The van der Waals surface area contributed by atoms with Crippen molar-refractivity contribution < 1.29 is 8.78 Å². The fourth-order valence-electron chi connectivity index (χ4n) is 2.95. The Bertz CT molecular complexity index is 1020. The number of imidazole rings is 1. The molecule has 0 bridgehead atoms. The standard InChI is InChI=1S/C19H16F2N4/c20-13-3-1-11(2-4-13)18-10-24-19(25-18)16(22)7-12-9-23-17-6-5-14(21)8-15(12)17/h1-6,8-10,16,23H,7,22H2,(H,24,25). The first-order valence-corrected chi connectivity index (χ1v) is 7.92. The summed E-state index contributed by atoms with van der Waals surface area (Å²) in [5.41, 5.74) is 9.68. The molecule has 2 heterocycles. The number of hydrogen-bond acceptors (Lipinski definition) is 2. The molecule has 0 saturated heterocycles. The van der Waals surface area contributed by atoms with Gasteiger partial charge in [0, 0.05) is 17.1 Å². The lowest BCUT2D eigenvalue weighted by atomic mass is 10.1. The van der Waals surface area contributed by atoms with Crippen LogP contribution in [0.1, 0.15) is 17.4 Å². The highest BCUT2D eigenvalue weighted by Crippen LogP contribution is 2.25. The summed E-state index contributed by atoms with van der Waals surface area (Å²) in [6.45, 7) is 0. The molecule has 0 amide bonds. The van der Waals surface area contributed by atoms with E-state index in [1.165, 1.54) is 24.3 Å². The van der Waals surface area contributed by atoms with Crippen molar-refractivity contribution in [3.63, 3.8) is 0 Å². The van der Waals surface area contributed by atoms with E-state index in [-0.39, 0.29) is 17.7 Å². The molecule has 4 aromatic rings. The van der Waals surface area contributed by atoms with Crippen LogP contribution in [0.3, 0.4) is 0 Å². The van der Waals surface area contributed by atoms with Crippen LogP contribution in [0, 0.1) is 11.6 Å². The Morgan fingerprint density at radius 2 is 1.80 bits per heavy atom. The van der Waals surface area contributed by atoms with Crippen LogP contribution in [0.15, 0.2) is 54.9 Å². The number of aromatic amines is 2. The Labute approximate surface area is 142 Å². The fourth-order valence-corrected chi connectivity index (χ4v) is 2.95. The molecule has 1 unspecified atom stereocenters. The van der Waals surface area contributed by atoms with E-state index in [4.69, 9.17) is 5.73 Å². The van der Waals surface area contributed by atoms with Crippen LogP contribution in [-0.2, 0) is 6.42 Å². The molecule has 6 heteroatoms. The summed E-state index contributed by atoms with van der Waals surface area (Å²) in [5.74, 6) is 0.0651. The number of aromatic nitrogens is 3. The Balaban J connectivity index is 1.57. The number of nitrogens with zero attached hydrogens (tertiary/aromatic N) is 1. The second kappa shape index (κ2) is 6.14. The van der Waals surface area contributed by atoms with E-state index in [2.05, 4.69) is 15.0 Å². The van der Waals surface area contributed by atoms with E-state index in [9.17, 15) is 8.78 Å². The molecular formula is C19H16F2N4. The molecule has 4 nitrogen and oxygen atoms in total. The van der Waals surface area contributed by atoms with Gasteiger partial charge in [0.05, 0.1) is 17.9 Å². The maximum Gasteiger partial charge on any atom is 0.123 e. The third-order valence-electron chi connectivity index (χ3n) is 4.27. The highest BCUT2D eigenvalue weighted by molar-refractivity contribution is 5.83. The molecule has 4 rings (SSSR count). The van der Waals surface area contributed by atoms with Crippen LogP contribution >= 0.6 is 0 Å². The highest BCUT2D eigenvalue weighted by atomic mass is 19.1. The zero-order valence-corrected chi connectivity index (χ0v) is 13.3. The predicted molar refractivity (Wildman–Crippen MR) is 92.9 cm³/mol. The van der Waals surface area contributed by atoms with Crippen LogP contribution in [0.4, 0.5) is 8.78 Å². The normalized spacial score (nSPS) is 12.6. The van der Waals surface area contributed by atoms with Crippen molar-refractivity contribution in [2.45, 2.75) is 12.5 Å². The number of nitrogens with one attached hydrogen (secondary N) is 2. The Hall–Kier alpha value is -2.99. The summed E-state index contributed by atoms with van der Waals surface area (Å²) in [6, 6.07) is 10.4. The smallest absolute Gasteiger partial charge is 0.123 e. The highest BCUT2D eigenvalue weighted by Gasteiger charge is 2.15. The lowest BCUT2D eigenvalue weighted by Crippen LogP contribution is -2.14. The second-order valence-electron chi connectivity index (χ2n) is 6.00. The fraction of sp³-hybridized carbons (Fsp3) is 0.105. The van der Waals surface area contributed by atoms with E-state index < -0.39 is 0 Å². The van der Waals surface area contributed by atoms with Crippen LogP contribution < -0.4 is 5.73 Å². The van der Waals surface area contributed by atoms with Gasteiger partial charge in [-0.15, -0.1) is 0 Å². The first kappa shape index (κ1) is 15.5. The molecule has 25 heavy (non-hydrogen) atoms. The van der Waals surface area contributed by atoms with Gasteiger partial charge in [-0.05, 0) is 60.0 Å². The molecule has 0 fully saturated rings. The minimum atomic E-state index is -0.364. The topological polar surface area (TPSA) is 70.5 Å². The number of fused-ring (bicyclic) bond motifs is 1. The van der Waals surface area contributed by atoms with Crippen molar-refractivity contribution in [1.82, 2.24) is 15.0 Å². The minimum absolute atomic E-state index is 0.279. The SMILES string of the molecule is NC(Cc1c[nH]c2ccc(F)cc12)c1ncc(-c2ccc(F)cc2)[nH]1. The van der Waals surface area contributed by atoms with Crippen molar-refractivity contribution in [3.8, 4) is 11.3 Å². The van der Waals surface area contributed by atoms with Gasteiger partial charge >= 0.3 is 0 Å². The summed E-state index contributed by atoms with van der Waals surface area (Å²) in [7, 11) is 0. The van der Waals surface area contributed by atoms with Crippen molar-refractivity contribution in [2.75, 3.05) is 0 Å². The average Bonchev–Trinajstić information content (AvgIpc) is 3.23. The molecule has 2 aromatic heterocycles. The van der Waals surface area contributed by atoms with Crippen LogP contribution in [-0.4, -0.2) is 15.0 Å². The minimum Gasteiger partial charge on any atom is -0.361 e. The molecule has 0 spiro atoms. The quantitative estimate of drug-likeness (QED) is 0.525. The molecule has 0 aliphatic rings. The van der Waals surface area contributed by atoms with Crippen LogP contribution in [0.25, 0.3) is 22.2 Å². The summed E-state index contributed by atoms with van der Waals surface area (Å²) in [4.78, 5) is 10.6. The number of nitrogens with two attached hydrogens (primary N) is 1. The van der Waals surface area contributed by atoms with Gasteiger partial charge in [0.1, 0.15) is 17.5 Å². The van der Waals surface area contributed by atoms with Crippen molar-refractivity contribution in [2.24, 2.45) is 5.73 Å². The van der Waals surface area contributed by atoms with Gasteiger partial charge in [0.15, 0.2) is 0 Å². The third-order valence-corrected chi connectivity index (χ3v) is 4.27. The van der Waals surface area contributed by atoms with Gasteiger partial charge in [-0.3, -0.25) is 0 Å². The molecule has 0 saturated carbocycles. The Morgan fingerprint density at radius 1 is 1.04 bits per heavy atom. The van der Waals surface area contributed by atoms with Crippen molar-refractivity contribution in [1.29, 1.82) is 0 Å². The van der Waals surface area contributed by atoms with Gasteiger partial charge in [-0.2, -0.15) is 0 Å². The van der Waals surface area contributed by atoms with Gasteiger partial charge in [0.2, 0.25) is 0 Å². The zero-order valence-electron chi connectivity index (χ0n) is 13.3. The zero-order chi connectivity index (χ0) is 17.4. The van der Waals surface area contributed by atoms with Gasteiger partial charge in [-0.1, -0.05) is 0 Å². The van der Waals surface area contributed by atoms with Gasteiger partial charge in [-0.25, -0.2) is 13.8 Å². The molecule has 2 aromatic carbocycles. The Kier molecular flexibility index (Phi) is 3.82. The number of benzene rings is 2. The monoisotopic (exact) mass is 338 g/mol. The van der Waals surface area contributed by atoms with E-state index in [0.717, 1.165) is 27.7 Å². The second-order valence-corrected chi connectivity index (χ2v) is 6.00.